The quantitative estimate of drug-likeness (QED) is 0.643. The molecule has 5 heteroatoms. The Labute approximate surface area is 132 Å². The van der Waals surface area contributed by atoms with Crippen LogP contribution >= 0.6 is 0 Å². The molecule has 120 valence electrons. The lowest BCUT2D eigenvalue weighted by Gasteiger charge is -2.30. The molecule has 2 aliphatic rings. The average molecular weight is 302 g/mol. The Morgan fingerprint density at radius 2 is 2.23 bits per heavy atom. The molecule has 0 aromatic heterocycles. The van der Waals surface area contributed by atoms with Gasteiger partial charge in [0.05, 0.1) is 19.2 Å². The third kappa shape index (κ3) is 3.71. The van der Waals surface area contributed by atoms with E-state index < -0.39 is 0 Å². The molecule has 2 heterocycles. The first kappa shape index (κ1) is 15.2. The zero-order valence-electron chi connectivity index (χ0n) is 13.3. The number of likely N-dealkylation sites (tertiary alicyclic amines) is 1. The maximum Gasteiger partial charge on any atom is 0.191 e. The summed E-state index contributed by atoms with van der Waals surface area (Å²) < 4.78 is 5.72. The van der Waals surface area contributed by atoms with Gasteiger partial charge in [0.15, 0.2) is 5.96 Å². The Balaban J connectivity index is 1.61. The third-order valence-electron chi connectivity index (χ3n) is 4.25. The summed E-state index contributed by atoms with van der Waals surface area (Å²) >= 11 is 0. The molecule has 1 atom stereocenters. The number of rotatable bonds is 5. The van der Waals surface area contributed by atoms with Crippen LogP contribution in [0.5, 0.6) is 5.75 Å². The molecule has 0 saturated carbocycles. The summed E-state index contributed by atoms with van der Waals surface area (Å²) in [6.07, 6.45) is 2.30. The molecule has 1 saturated heterocycles. The molecule has 0 amide bonds. The number of nitrogens with one attached hydrogen (secondary N) is 2. The largest absolute Gasteiger partial charge is 0.493 e. The van der Waals surface area contributed by atoms with Crippen LogP contribution in [0.15, 0.2) is 29.3 Å². The van der Waals surface area contributed by atoms with Crippen molar-refractivity contribution in [1.29, 1.82) is 0 Å². The van der Waals surface area contributed by atoms with Crippen LogP contribution in [0.3, 0.4) is 0 Å². The van der Waals surface area contributed by atoms with Crippen molar-refractivity contribution in [2.75, 3.05) is 39.3 Å². The summed E-state index contributed by atoms with van der Waals surface area (Å²) in [4.78, 5) is 7.16. The van der Waals surface area contributed by atoms with E-state index in [0.29, 0.717) is 0 Å². The number of para-hydroxylation sites is 1. The number of benzene rings is 1. The third-order valence-corrected chi connectivity index (χ3v) is 4.25. The summed E-state index contributed by atoms with van der Waals surface area (Å²) in [5.74, 6) is 1.90. The standard InChI is InChI=1S/C17H26N4O/c1-2-18-17(19-9-12-21-10-5-11-21)20-15-8-13-22-16-7-4-3-6-14(15)16/h3-4,6-7,15H,2,5,8-13H2,1H3,(H2,18,19,20). The summed E-state index contributed by atoms with van der Waals surface area (Å²) in [7, 11) is 0. The number of aliphatic imine (C=N–C) groups is 1. The van der Waals surface area contributed by atoms with Crippen molar-refractivity contribution < 1.29 is 4.74 Å². The summed E-state index contributed by atoms with van der Waals surface area (Å²) in [6, 6.07) is 8.53. The van der Waals surface area contributed by atoms with Crippen molar-refractivity contribution in [3.05, 3.63) is 29.8 Å². The lowest BCUT2D eigenvalue weighted by atomic mass is 10.0. The molecule has 0 aliphatic carbocycles. The van der Waals surface area contributed by atoms with Gasteiger partial charge in [0.2, 0.25) is 0 Å². The fourth-order valence-corrected chi connectivity index (χ4v) is 2.89. The monoisotopic (exact) mass is 302 g/mol. The molecule has 0 spiro atoms. The first-order valence-electron chi connectivity index (χ1n) is 8.35. The smallest absolute Gasteiger partial charge is 0.191 e. The number of nitrogens with zero attached hydrogens (tertiary/aromatic N) is 2. The molecular formula is C17H26N4O. The maximum absolute atomic E-state index is 5.72. The van der Waals surface area contributed by atoms with E-state index in [1.54, 1.807) is 0 Å². The minimum atomic E-state index is 0.270. The van der Waals surface area contributed by atoms with Crippen LogP contribution in [-0.2, 0) is 0 Å². The molecule has 5 nitrogen and oxygen atoms in total. The van der Waals surface area contributed by atoms with Gasteiger partial charge in [-0.1, -0.05) is 18.2 Å². The van der Waals surface area contributed by atoms with E-state index in [9.17, 15) is 0 Å². The van der Waals surface area contributed by atoms with E-state index in [2.05, 4.69) is 34.6 Å². The van der Waals surface area contributed by atoms with Crippen molar-refractivity contribution >= 4 is 5.96 Å². The van der Waals surface area contributed by atoms with Crippen LogP contribution in [-0.4, -0.2) is 50.2 Å². The Morgan fingerprint density at radius 3 is 3.00 bits per heavy atom. The Bertz CT molecular complexity index is 513. The summed E-state index contributed by atoms with van der Waals surface area (Å²) in [6.45, 7) is 8.09. The van der Waals surface area contributed by atoms with E-state index in [0.717, 1.165) is 44.4 Å². The van der Waals surface area contributed by atoms with E-state index in [4.69, 9.17) is 9.73 Å². The fourth-order valence-electron chi connectivity index (χ4n) is 2.89. The molecule has 1 unspecified atom stereocenters. The number of ether oxygens (including phenoxy) is 1. The lowest BCUT2D eigenvalue weighted by molar-refractivity contribution is 0.187. The highest BCUT2D eigenvalue weighted by molar-refractivity contribution is 5.80. The Kier molecular flexibility index (Phi) is 5.16. The van der Waals surface area contributed by atoms with Gasteiger partial charge in [-0.25, -0.2) is 0 Å². The minimum absolute atomic E-state index is 0.270. The summed E-state index contributed by atoms with van der Waals surface area (Å²) in [5.41, 5.74) is 1.22. The van der Waals surface area contributed by atoms with Gasteiger partial charge in [-0.15, -0.1) is 0 Å². The second kappa shape index (κ2) is 7.49. The van der Waals surface area contributed by atoms with Crippen LogP contribution in [0.1, 0.15) is 31.4 Å². The van der Waals surface area contributed by atoms with E-state index in [1.807, 2.05) is 12.1 Å². The van der Waals surface area contributed by atoms with E-state index >= 15 is 0 Å². The molecule has 2 N–H and O–H groups in total. The SMILES string of the molecule is CCNC(=NCCN1CCC1)NC1CCOc2ccccc21. The van der Waals surface area contributed by atoms with Gasteiger partial charge in [-0.2, -0.15) is 0 Å². The first-order chi connectivity index (χ1) is 10.9. The van der Waals surface area contributed by atoms with Gasteiger partial charge in [-0.3, -0.25) is 4.99 Å². The minimum Gasteiger partial charge on any atom is -0.493 e. The maximum atomic E-state index is 5.72. The zero-order chi connectivity index (χ0) is 15.2. The van der Waals surface area contributed by atoms with Crippen molar-refractivity contribution in [3.8, 4) is 5.75 Å². The normalized spacial score (nSPS) is 21.5. The van der Waals surface area contributed by atoms with Crippen LogP contribution < -0.4 is 15.4 Å². The van der Waals surface area contributed by atoms with Gasteiger partial charge in [0.1, 0.15) is 5.75 Å². The van der Waals surface area contributed by atoms with Gasteiger partial charge in [0, 0.05) is 25.1 Å². The fraction of sp³-hybridized carbons (Fsp3) is 0.588. The predicted octanol–water partition coefficient (Wildman–Crippen LogP) is 1.77. The van der Waals surface area contributed by atoms with Gasteiger partial charge in [-0.05, 0) is 32.5 Å². The highest BCUT2D eigenvalue weighted by Gasteiger charge is 2.21. The van der Waals surface area contributed by atoms with Crippen molar-refractivity contribution in [1.82, 2.24) is 15.5 Å². The second-order valence-corrected chi connectivity index (χ2v) is 5.83. The lowest BCUT2D eigenvalue weighted by Crippen LogP contribution is -2.42. The van der Waals surface area contributed by atoms with Crippen LogP contribution in [0.2, 0.25) is 0 Å². The number of hydrogen-bond acceptors (Lipinski definition) is 3. The van der Waals surface area contributed by atoms with Crippen LogP contribution in [0, 0.1) is 0 Å². The number of fused-ring (bicyclic) bond motifs is 1. The van der Waals surface area contributed by atoms with Gasteiger partial charge >= 0.3 is 0 Å². The Morgan fingerprint density at radius 1 is 1.36 bits per heavy atom. The van der Waals surface area contributed by atoms with Crippen molar-refractivity contribution in [2.45, 2.75) is 25.8 Å². The number of guanidine groups is 1. The van der Waals surface area contributed by atoms with Gasteiger partial charge in [0.25, 0.3) is 0 Å². The van der Waals surface area contributed by atoms with Crippen LogP contribution in [0.25, 0.3) is 0 Å². The molecule has 0 radical (unpaired) electrons. The predicted molar refractivity (Wildman–Crippen MR) is 89.5 cm³/mol. The highest BCUT2D eigenvalue weighted by Crippen LogP contribution is 2.31. The molecule has 1 aromatic carbocycles. The van der Waals surface area contributed by atoms with E-state index in [1.165, 1.54) is 25.1 Å². The molecular weight excluding hydrogens is 276 g/mol. The molecule has 3 rings (SSSR count). The molecule has 22 heavy (non-hydrogen) atoms. The average Bonchev–Trinajstić information content (AvgIpc) is 2.50. The molecule has 0 bridgehead atoms. The van der Waals surface area contributed by atoms with Crippen molar-refractivity contribution in [2.24, 2.45) is 4.99 Å². The summed E-state index contributed by atoms with van der Waals surface area (Å²) in [5, 5.41) is 6.91. The Hall–Kier alpha value is -1.75. The number of hydrogen-bond donors (Lipinski definition) is 2. The second-order valence-electron chi connectivity index (χ2n) is 5.83. The molecule has 1 aromatic rings. The topological polar surface area (TPSA) is 48.9 Å². The highest BCUT2D eigenvalue weighted by atomic mass is 16.5. The van der Waals surface area contributed by atoms with Crippen LogP contribution in [0.4, 0.5) is 0 Å². The van der Waals surface area contributed by atoms with Crippen molar-refractivity contribution in [3.63, 3.8) is 0 Å². The molecule has 2 aliphatic heterocycles. The molecule has 1 fully saturated rings. The zero-order valence-corrected chi connectivity index (χ0v) is 13.3. The van der Waals surface area contributed by atoms with E-state index in [-0.39, 0.29) is 6.04 Å². The first-order valence-corrected chi connectivity index (χ1v) is 8.35. The van der Waals surface area contributed by atoms with Gasteiger partial charge < -0.3 is 20.3 Å².